The van der Waals surface area contributed by atoms with Crippen LogP contribution in [-0.4, -0.2) is 36.0 Å². The second-order valence-electron chi connectivity index (χ2n) is 4.48. The van der Waals surface area contributed by atoms with Gasteiger partial charge in [-0.1, -0.05) is 6.07 Å². The Morgan fingerprint density at radius 1 is 1.39 bits per heavy atom. The molecule has 1 aliphatic rings. The molecule has 0 bridgehead atoms. The van der Waals surface area contributed by atoms with Crippen LogP contribution in [0.5, 0.6) is 0 Å². The maximum Gasteiger partial charge on any atom is 0.314 e. The van der Waals surface area contributed by atoms with E-state index in [9.17, 15) is 10.1 Å². The molecular formula is C12H18N4O2. The molecule has 3 N–H and O–H groups in total. The van der Waals surface area contributed by atoms with E-state index in [0.717, 1.165) is 19.6 Å². The first-order valence-corrected chi connectivity index (χ1v) is 6.17. The standard InChI is InChI=1S/C12H18N4O2/c13-10-4-3-5-11(12(10)16(17)18)14-6-9-15-7-1-2-8-15/h3-5,14H,1-2,6-9,13H2. The molecule has 1 saturated heterocycles. The monoisotopic (exact) mass is 250 g/mol. The summed E-state index contributed by atoms with van der Waals surface area (Å²) in [6.07, 6.45) is 2.50. The number of nitro groups is 1. The average molecular weight is 250 g/mol. The minimum atomic E-state index is -0.437. The quantitative estimate of drug-likeness (QED) is 0.472. The Morgan fingerprint density at radius 3 is 2.78 bits per heavy atom. The molecule has 0 atom stereocenters. The molecule has 0 spiro atoms. The van der Waals surface area contributed by atoms with Crippen molar-refractivity contribution < 1.29 is 4.92 Å². The number of nitrogens with one attached hydrogen (secondary N) is 1. The van der Waals surface area contributed by atoms with Crippen LogP contribution in [0.25, 0.3) is 0 Å². The number of nitrogen functional groups attached to an aromatic ring is 1. The van der Waals surface area contributed by atoms with E-state index in [1.807, 2.05) is 0 Å². The van der Waals surface area contributed by atoms with Crippen molar-refractivity contribution in [1.29, 1.82) is 0 Å². The zero-order chi connectivity index (χ0) is 13.0. The maximum atomic E-state index is 10.9. The number of para-hydroxylation sites is 1. The number of nitrogens with two attached hydrogens (primary N) is 1. The molecule has 0 amide bonds. The Balaban J connectivity index is 1.96. The van der Waals surface area contributed by atoms with Crippen molar-refractivity contribution in [1.82, 2.24) is 4.90 Å². The first kappa shape index (κ1) is 12.6. The largest absolute Gasteiger partial charge is 0.393 e. The lowest BCUT2D eigenvalue weighted by molar-refractivity contribution is -0.383. The second-order valence-corrected chi connectivity index (χ2v) is 4.48. The molecule has 1 aromatic carbocycles. The van der Waals surface area contributed by atoms with Crippen molar-refractivity contribution in [3.8, 4) is 0 Å². The highest BCUT2D eigenvalue weighted by molar-refractivity contribution is 5.74. The van der Waals surface area contributed by atoms with Gasteiger partial charge >= 0.3 is 5.69 Å². The maximum absolute atomic E-state index is 10.9. The summed E-state index contributed by atoms with van der Waals surface area (Å²) in [5.74, 6) is 0. The summed E-state index contributed by atoms with van der Waals surface area (Å²) < 4.78 is 0. The number of hydrogen-bond donors (Lipinski definition) is 2. The highest BCUT2D eigenvalue weighted by atomic mass is 16.6. The molecule has 1 aromatic rings. The van der Waals surface area contributed by atoms with Gasteiger partial charge < -0.3 is 16.0 Å². The number of benzene rings is 1. The summed E-state index contributed by atoms with van der Waals surface area (Å²) in [4.78, 5) is 12.9. The van der Waals surface area contributed by atoms with E-state index in [1.165, 1.54) is 12.8 Å². The number of anilines is 2. The molecule has 98 valence electrons. The summed E-state index contributed by atoms with van der Waals surface area (Å²) in [6.45, 7) is 3.86. The number of likely N-dealkylation sites (tertiary alicyclic amines) is 1. The number of nitrogens with zero attached hydrogens (tertiary/aromatic N) is 2. The van der Waals surface area contributed by atoms with Crippen LogP contribution in [-0.2, 0) is 0 Å². The van der Waals surface area contributed by atoms with Gasteiger partial charge in [0, 0.05) is 13.1 Å². The van der Waals surface area contributed by atoms with Crippen LogP contribution in [0.1, 0.15) is 12.8 Å². The molecule has 0 aliphatic carbocycles. The van der Waals surface area contributed by atoms with Crippen LogP contribution in [0, 0.1) is 10.1 Å². The first-order valence-electron chi connectivity index (χ1n) is 6.17. The Labute approximate surface area is 106 Å². The van der Waals surface area contributed by atoms with E-state index < -0.39 is 4.92 Å². The number of nitro benzene ring substituents is 1. The Bertz CT molecular complexity index is 430. The summed E-state index contributed by atoms with van der Waals surface area (Å²) in [6, 6.07) is 4.96. The molecule has 0 saturated carbocycles. The van der Waals surface area contributed by atoms with Crippen molar-refractivity contribution >= 4 is 17.1 Å². The predicted molar refractivity (Wildman–Crippen MR) is 71.7 cm³/mol. The molecule has 0 aromatic heterocycles. The van der Waals surface area contributed by atoms with E-state index in [0.29, 0.717) is 12.2 Å². The van der Waals surface area contributed by atoms with Crippen molar-refractivity contribution in [3.05, 3.63) is 28.3 Å². The molecule has 0 radical (unpaired) electrons. The van der Waals surface area contributed by atoms with Gasteiger partial charge in [0.2, 0.25) is 0 Å². The summed E-state index contributed by atoms with van der Waals surface area (Å²) in [7, 11) is 0. The first-order chi connectivity index (χ1) is 8.68. The molecule has 1 fully saturated rings. The lowest BCUT2D eigenvalue weighted by atomic mass is 10.2. The van der Waals surface area contributed by atoms with Crippen LogP contribution in [0.3, 0.4) is 0 Å². The smallest absolute Gasteiger partial charge is 0.314 e. The van der Waals surface area contributed by atoms with Gasteiger partial charge in [0.1, 0.15) is 11.4 Å². The molecule has 18 heavy (non-hydrogen) atoms. The van der Waals surface area contributed by atoms with Gasteiger partial charge in [-0.3, -0.25) is 10.1 Å². The molecule has 2 rings (SSSR count). The Hall–Kier alpha value is -1.82. The lowest BCUT2D eigenvalue weighted by Gasteiger charge is -2.15. The normalized spacial score (nSPS) is 15.8. The average Bonchev–Trinajstić information content (AvgIpc) is 2.81. The zero-order valence-corrected chi connectivity index (χ0v) is 10.3. The fraction of sp³-hybridized carbons (Fsp3) is 0.500. The van der Waals surface area contributed by atoms with Gasteiger partial charge in [-0.2, -0.15) is 0 Å². The molecule has 0 unspecified atom stereocenters. The summed E-state index contributed by atoms with van der Waals surface area (Å²) >= 11 is 0. The van der Waals surface area contributed by atoms with Crippen LogP contribution < -0.4 is 11.1 Å². The van der Waals surface area contributed by atoms with E-state index >= 15 is 0 Å². The van der Waals surface area contributed by atoms with Gasteiger partial charge in [0.25, 0.3) is 0 Å². The van der Waals surface area contributed by atoms with Crippen LogP contribution in [0.15, 0.2) is 18.2 Å². The zero-order valence-electron chi connectivity index (χ0n) is 10.3. The molecular weight excluding hydrogens is 232 g/mol. The highest BCUT2D eigenvalue weighted by Gasteiger charge is 2.17. The third kappa shape index (κ3) is 2.89. The van der Waals surface area contributed by atoms with Crippen molar-refractivity contribution in [3.63, 3.8) is 0 Å². The minimum Gasteiger partial charge on any atom is -0.393 e. The minimum absolute atomic E-state index is 0.0288. The van der Waals surface area contributed by atoms with Crippen molar-refractivity contribution in [2.24, 2.45) is 0 Å². The second kappa shape index (κ2) is 5.68. The number of hydrogen-bond acceptors (Lipinski definition) is 5. The van der Waals surface area contributed by atoms with Gasteiger partial charge in [-0.05, 0) is 38.1 Å². The SMILES string of the molecule is Nc1cccc(NCCN2CCCC2)c1[N+](=O)[O-]. The highest BCUT2D eigenvalue weighted by Crippen LogP contribution is 2.30. The predicted octanol–water partition coefficient (Wildman–Crippen LogP) is 1.68. The third-order valence-corrected chi connectivity index (χ3v) is 3.19. The van der Waals surface area contributed by atoms with Gasteiger partial charge in [0.05, 0.1) is 4.92 Å². The van der Waals surface area contributed by atoms with E-state index in [1.54, 1.807) is 18.2 Å². The van der Waals surface area contributed by atoms with Crippen molar-refractivity contribution in [2.45, 2.75) is 12.8 Å². The molecule has 1 aliphatic heterocycles. The van der Waals surface area contributed by atoms with Gasteiger partial charge in [0.15, 0.2) is 0 Å². The third-order valence-electron chi connectivity index (χ3n) is 3.19. The van der Waals surface area contributed by atoms with E-state index in [2.05, 4.69) is 10.2 Å². The molecule has 1 heterocycles. The Kier molecular flexibility index (Phi) is 3.99. The van der Waals surface area contributed by atoms with E-state index in [-0.39, 0.29) is 11.4 Å². The number of rotatable bonds is 5. The summed E-state index contributed by atoms with van der Waals surface area (Å²) in [5.41, 5.74) is 6.29. The van der Waals surface area contributed by atoms with Crippen LogP contribution in [0.2, 0.25) is 0 Å². The van der Waals surface area contributed by atoms with Gasteiger partial charge in [-0.15, -0.1) is 0 Å². The fourth-order valence-corrected chi connectivity index (χ4v) is 2.26. The van der Waals surface area contributed by atoms with Crippen molar-refractivity contribution in [2.75, 3.05) is 37.2 Å². The Morgan fingerprint density at radius 2 is 2.11 bits per heavy atom. The van der Waals surface area contributed by atoms with Crippen LogP contribution >= 0.6 is 0 Å². The topological polar surface area (TPSA) is 84.4 Å². The van der Waals surface area contributed by atoms with E-state index in [4.69, 9.17) is 5.73 Å². The van der Waals surface area contributed by atoms with Gasteiger partial charge in [-0.25, -0.2) is 0 Å². The fourth-order valence-electron chi connectivity index (χ4n) is 2.26. The molecule has 6 nitrogen and oxygen atoms in total. The summed E-state index contributed by atoms with van der Waals surface area (Å²) in [5, 5.41) is 14.0. The lowest BCUT2D eigenvalue weighted by Crippen LogP contribution is -2.26. The molecule has 6 heteroatoms. The van der Waals surface area contributed by atoms with Crippen LogP contribution in [0.4, 0.5) is 17.1 Å².